The predicted octanol–water partition coefficient (Wildman–Crippen LogP) is 2.61. The quantitative estimate of drug-likeness (QED) is 0.894. The molecule has 0 bridgehead atoms. The highest BCUT2D eigenvalue weighted by atomic mass is 35.5. The Labute approximate surface area is 137 Å². The number of nitrogens with zero attached hydrogens (tertiary/aromatic N) is 1. The first-order valence-electron chi connectivity index (χ1n) is 6.98. The van der Waals surface area contributed by atoms with Gasteiger partial charge in [0.15, 0.2) is 0 Å². The van der Waals surface area contributed by atoms with Crippen molar-refractivity contribution in [1.82, 2.24) is 10.2 Å². The number of nitrogens with one attached hydrogen (secondary N) is 2. The Balaban J connectivity index is 0.00000220. The molecule has 1 saturated heterocycles. The molecule has 0 saturated carbocycles. The molecule has 0 radical (unpaired) electrons. The van der Waals surface area contributed by atoms with Crippen LogP contribution in [-0.2, 0) is 4.79 Å². The number of hydrogen-bond acceptors (Lipinski definition) is 3. The van der Waals surface area contributed by atoms with Crippen molar-refractivity contribution in [3.63, 3.8) is 0 Å². The fraction of sp³-hybridized carbons (Fsp3) is 0.533. The topological polar surface area (TPSA) is 44.4 Å². The first-order chi connectivity index (χ1) is 9.47. The molecule has 21 heavy (non-hydrogen) atoms. The van der Waals surface area contributed by atoms with Crippen molar-refractivity contribution in [2.45, 2.75) is 26.8 Å². The standard InChI is InChI=1S/C15H22ClN3O.ClH/c1-10-6-11(2)15(13(16)7-10)18-14(20)9-19-5-4-17-8-12(19)3;/h6-7,12,17H,4-5,8-9H2,1-3H3,(H,18,20);1H. The number of amides is 1. The minimum atomic E-state index is -0.00685. The van der Waals surface area contributed by atoms with Crippen LogP contribution in [0.5, 0.6) is 0 Å². The molecule has 1 unspecified atom stereocenters. The van der Waals surface area contributed by atoms with Crippen LogP contribution < -0.4 is 10.6 Å². The van der Waals surface area contributed by atoms with Gasteiger partial charge < -0.3 is 10.6 Å². The van der Waals surface area contributed by atoms with Crippen LogP contribution >= 0.6 is 24.0 Å². The van der Waals surface area contributed by atoms with Gasteiger partial charge in [0.25, 0.3) is 0 Å². The fourth-order valence-corrected chi connectivity index (χ4v) is 2.92. The molecule has 6 heteroatoms. The first kappa shape index (κ1) is 18.2. The molecule has 2 rings (SSSR count). The summed E-state index contributed by atoms with van der Waals surface area (Å²) in [6, 6.07) is 4.27. The first-order valence-corrected chi connectivity index (χ1v) is 7.36. The van der Waals surface area contributed by atoms with E-state index in [0.29, 0.717) is 17.6 Å². The number of anilines is 1. The number of halogens is 2. The Kier molecular flexibility index (Phi) is 6.94. The summed E-state index contributed by atoms with van der Waals surface area (Å²) in [5.41, 5.74) is 2.82. The zero-order valence-electron chi connectivity index (χ0n) is 12.7. The van der Waals surface area contributed by atoms with Crippen LogP contribution in [0.25, 0.3) is 0 Å². The second-order valence-corrected chi connectivity index (χ2v) is 5.92. The highest BCUT2D eigenvalue weighted by molar-refractivity contribution is 6.34. The Morgan fingerprint density at radius 1 is 1.48 bits per heavy atom. The lowest BCUT2D eigenvalue weighted by Crippen LogP contribution is -2.52. The van der Waals surface area contributed by atoms with Gasteiger partial charge in [0.2, 0.25) is 5.91 Å². The van der Waals surface area contributed by atoms with Crippen molar-refractivity contribution in [1.29, 1.82) is 0 Å². The zero-order valence-corrected chi connectivity index (χ0v) is 14.3. The van der Waals surface area contributed by atoms with E-state index in [1.165, 1.54) is 0 Å². The minimum absolute atomic E-state index is 0. The van der Waals surface area contributed by atoms with Crippen LogP contribution in [0.4, 0.5) is 5.69 Å². The van der Waals surface area contributed by atoms with Crippen LogP contribution in [0.3, 0.4) is 0 Å². The van der Waals surface area contributed by atoms with E-state index in [1.807, 2.05) is 26.0 Å². The van der Waals surface area contributed by atoms with Crippen LogP contribution in [0, 0.1) is 13.8 Å². The summed E-state index contributed by atoms with van der Waals surface area (Å²) in [6.45, 7) is 9.25. The van der Waals surface area contributed by atoms with E-state index in [-0.39, 0.29) is 18.3 Å². The van der Waals surface area contributed by atoms with Gasteiger partial charge in [-0.15, -0.1) is 12.4 Å². The molecule has 1 amide bonds. The van der Waals surface area contributed by atoms with Crippen molar-refractivity contribution in [3.8, 4) is 0 Å². The SMILES string of the molecule is Cc1cc(C)c(NC(=O)CN2CCNCC2C)c(Cl)c1.Cl. The number of carbonyl (C=O) groups excluding carboxylic acids is 1. The van der Waals surface area contributed by atoms with Gasteiger partial charge in [0, 0.05) is 25.7 Å². The molecule has 0 aromatic heterocycles. The van der Waals surface area contributed by atoms with E-state index >= 15 is 0 Å². The van der Waals surface area contributed by atoms with Gasteiger partial charge in [-0.05, 0) is 38.0 Å². The minimum Gasteiger partial charge on any atom is -0.323 e. The summed E-state index contributed by atoms with van der Waals surface area (Å²) >= 11 is 6.21. The largest absolute Gasteiger partial charge is 0.323 e. The maximum atomic E-state index is 12.2. The maximum Gasteiger partial charge on any atom is 0.238 e. The normalized spacial score (nSPS) is 19.0. The Bertz CT molecular complexity index is 485. The number of aryl methyl sites for hydroxylation is 2. The Hall–Kier alpha value is -0.810. The van der Waals surface area contributed by atoms with E-state index < -0.39 is 0 Å². The van der Waals surface area contributed by atoms with E-state index in [4.69, 9.17) is 11.6 Å². The monoisotopic (exact) mass is 331 g/mol. The molecule has 2 N–H and O–H groups in total. The molecule has 0 aliphatic carbocycles. The van der Waals surface area contributed by atoms with Gasteiger partial charge in [0.05, 0.1) is 17.3 Å². The third-order valence-corrected chi connectivity index (χ3v) is 3.98. The van der Waals surface area contributed by atoms with E-state index in [1.54, 1.807) is 0 Å². The summed E-state index contributed by atoms with van der Waals surface area (Å²) in [5.74, 6) is -0.00685. The average Bonchev–Trinajstić information content (AvgIpc) is 2.36. The van der Waals surface area contributed by atoms with Crippen molar-refractivity contribution in [2.24, 2.45) is 0 Å². The lowest BCUT2D eigenvalue weighted by atomic mass is 10.1. The highest BCUT2D eigenvalue weighted by Gasteiger charge is 2.20. The second kappa shape index (κ2) is 7.99. The molecule has 0 spiro atoms. The molecule has 1 aromatic rings. The number of hydrogen-bond donors (Lipinski definition) is 2. The van der Waals surface area contributed by atoms with Crippen molar-refractivity contribution in [2.75, 3.05) is 31.5 Å². The Morgan fingerprint density at radius 2 is 2.19 bits per heavy atom. The van der Waals surface area contributed by atoms with Crippen molar-refractivity contribution < 1.29 is 4.79 Å². The van der Waals surface area contributed by atoms with E-state index in [2.05, 4.69) is 22.5 Å². The summed E-state index contributed by atoms with van der Waals surface area (Å²) in [5, 5.41) is 6.86. The predicted molar refractivity (Wildman–Crippen MR) is 90.7 cm³/mol. The molecule has 118 valence electrons. The summed E-state index contributed by atoms with van der Waals surface area (Å²) in [7, 11) is 0. The summed E-state index contributed by atoms with van der Waals surface area (Å²) in [6.07, 6.45) is 0. The zero-order chi connectivity index (χ0) is 14.7. The lowest BCUT2D eigenvalue weighted by molar-refractivity contribution is -0.118. The molecule has 1 atom stereocenters. The molecule has 1 aromatic carbocycles. The van der Waals surface area contributed by atoms with Crippen molar-refractivity contribution >= 4 is 35.6 Å². The highest BCUT2D eigenvalue weighted by Crippen LogP contribution is 2.27. The van der Waals surface area contributed by atoms with Gasteiger partial charge in [-0.3, -0.25) is 9.69 Å². The number of piperazine rings is 1. The van der Waals surface area contributed by atoms with Crippen LogP contribution in [0.1, 0.15) is 18.1 Å². The van der Waals surface area contributed by atoms with E-state index in [0.717, 1.165) is 36.4 Å². The lowest BCUT2D eigenvalue weighted by Gasteiger charge is -2.33. The Morgan fingerprint density at radius 3 is 2.81 bits per heavy atom. The van der Waals surface area contributed by atoms with E-state index in [9.17, 15) is 4.79 Å². The van der Waals surface area contributed by atoms with Crippen LogP contribution in [-0.4, -0.2) is 43.0 Å². The molecule has 1 fully saturated rings. The molecule has 1 aliphatic rings. The number of rotatable bonds is 3. The summed E-state index contributed by atoms with van der Waals surface area (Å²) < 4.78 is 0. The molecular formula is C15H23Cl2N3O. The number of carbonyl (C=O) groups is 1. The van der Waals surface area contributed by atoms with Crippen LogP contribution in [0.2, 0.25) is 5.02 Å². The van der Waals surface area contributed by atoms with Gasteiger partial charge in [-0.2, -0.15) is 0 Å². The van der Waals surface area contributed by atoms with Crippen molar-refractivity contribution in [3.05, 3.63) is 28.3 Å². The summed E-state index contributed by atoms with van der Waals surface area (Å²) in [4.78, 5) is 14.4. The van der Waals surface area contributed by atoms with Gasteiger partial charge in [-0.1, -0.05) is 17.7 Å². The third-order valence-electron chi connectivity index (χ3n) is 3.68. The average molecular weight is 332 g/mol. The fourth-order valence-electron chi connectivity index (χ4n) is 2.56. The maximum absolute atomic E-state index is 12.2. The van der Waals surface area contributed by atoms with Gasteiger partial charge in [0.1, 0.15) is 0 Å². The molecule has 1 aliphatic heterocycles. The smallest absolute Gasteiger partial charge is 0.238 e. The van der Waals surface area contributed by atoms with Gasteiger partial charge >= 0.3 is 0 Å². The number of benzene rings is 1. The molecule has 4 nitrogen and oxygen atoms in total. The third kappa shape index (κ3) is 4.85. The molecular weight excluding hydrogens is 309 g/mol. The van der Waals surface area contributed by atoms with Gasteiger partial charge in [-0.25, -0.2) is 0 Å². The van der Waals surface area contributed by atoms with Crippen LogP contribution in [0.15, 0.2) is 12.1 Å². The second-order valence-electron chi connectivity index (χ2n) is 5.51. The molecule has 1 heterocycles.